The van der Waals surface area contributed by atoms with Crippen LogP contribution < -0.4 is 10.0 Å². The lowest BCUT2D eigenvalue weighted by Gasteiger charge is -2.18. The molecular weight excluding hydrogens is 292 g/mol. The van der Waals surface area contributed by atoms with Gasteiger partial charge < -0.3 is 9.84 Å². The van der Waals surface area contributed by atoms with Crippen molar-refractivity contribution in [3.63, 3.8) is 0 Å². The Balaban J connectivity index is 1.69. The average molecular weight is 308 g/mol. The molecule has 8 heteroatoms. The summed E-state index contributed by atoms with van der Waals surface area (Å²) < 4.78 is 31.8. The molecule has 112 valence electrons. The van der Waals surface area contributed by atoms with Crippen molar-refractivity contribution in [1.29, 1.82) is 0 Å². The first-order chi connectivity index (χ1) is 10.1. The van der Waals surface area contributed by atoms with Crippen molar-refractivity contribution in [2.24, 2.45) is 0 Å². The lowest BCUT2D eigenvalue weighted by Crippen LogP contribution is -2.26. The molecule has 0 amide bonds. The molecule has 0 aliphatic carbocycles. The lowest BCUT2D eigenvalue weighted by atomic mass is 10.0. The van der Waals surface area contributed by atoms with Crippen LogP contribution in [0.1, 0.15) is 17.9 Å². The normalized spacial score (nSPS) is 14.5. The molecule has 2 N–H and O–H groups in total. The second-order valence-corrected chi connectivity index (χ2v) is 6.60. The third-order valence-corrected chi connectivity index (χ3v) is 4.83. The summed E-state index contributed by atoms with van der Waals surface area (Å²) in [6.45, 7) is 1.09. The van der Waals surface area contributed by atoms with Gasteiger partial charge in [-0.3, -0.25) is 0 Å². The van der Waals surface area contributed by atoms with Crippen LogP contribution in [0.4, 0.5) is 5.69 Å². The molecule has 1 aliphatic heterocycles. The van der Waals surface area contributed by atoms with Crippen LogP contribution >= 0.6 is 0 Å². The van der Waals surface area contributed by atoms with E-state index in [0.717, 1.165) is 30.6 Å². The summed E-state index contributed by atoms with van der Waals surface area (Å²) in [6, 6.07) is 5.19. The van der Waals surface area contributed by atoms with Crippen molar-refractivity contribution in [2.75, 3.05) is 18.4 Å². The van der Waals surface area contributed by atoms with Gasteiger partial charge in [-0.1, -0.05) is 11.2 Å². The first-order valence-corrected chi connectivity index (χ1v) is 8.25. The number of aryl methyl sites for hydroxylation is 1. The molecule has 0 unspecified atom stereocenters. The highest BCUT2D eigenvalue weighted by atomic mass is 32.2. The van der Waals surface area contributed by atoms with Crippen molar-refractivity contribution < 1.29 is 12.9 Å². The molecular formula is C13H16N4O3S. The van der Waals surface area contributed by atoms with E-state index in [9.17, 15) is 8.42 Å². The van der Waals surface area contributed by atoms with Crippen molar-refractivity contribution in [1.82, 2.24) is 14.9 Å². The molecule has 0 spiro atoms. The third kappa shape index (κ3) is 3.22. The maximum atomic E-state index is 12.2. The van der Waals surface area contributed by atoms with Gasteiger partial charge in [-0.2, -0.15) is 4.98 Å². The highest BCUT2D eigenvalue weighted by Gasteiger charge is 2.17. The summed E-state index contributed by atoms with van der Waals surface area (Å²) in [4.78, 5) is 4.11. The van der Waals surface area contributed by atoms with Crippen LogP contribution in [0, 0.1) is 0 Å². The van der Waals surface area contributed by atoms with E-state index in [-0.39, 0.29) is 11.4 Å². The van der Waals surface area contributed by atoms with Crippen LogP contribution in [0.2, 0.25) is 0 Å². The summed E-state index contributed by atoms with van der Waals surface area (Å²) in [7, 11) is -3.53. The molecule has 2 aromatic rings. The zero-order valence-electron chi connectivity index (χ0n) is 11.4. The molecule has 21 heavy (non-hydrogen) atoms. The van der Waals surface area contributed by atoms with E-state index >= 15 is 0 Å². The van der Waals surface area contributed by atoms with Crippen molar-refractivity contribution in [3.05, 3.63) is 36.0 Å². The summed E-state index contributed by atoms with van der Waals surface area (Å²) >= 11 is 0. The summed E-state index contributed by atoms with van der Waals surface area (Å²) in [6.07, 6.45) is 3.70. The van der Waals surface area contributed by atoms with Gasteiger partial charge in [0.05, 0.1) is 4.90 Å². The zero-order valence-corrected chi connectivity index (χ0v) is 12.2. The Hall–Kier alpha value is -1.93. The second-order valence-electron chi connectivity index (χ2n) is 4.83. The van der Waals surface area contributed by atoms with E-state index in [1.165, 1.54) is 6.33 Å². The van der Waals surface area contributed by atoms with E-state index in [4.69, 9.17) is 4.52 Å². The van der Waals surface area contributed by atoms with E-state index in [2.05, 4.69) is 20.2 Å². The Kier molecular flexibility index (Phi) is 3.89. The standard InChI is InChI=1S/C13H16N4O3S/c18-21(19,17-7-5-13-15-9-16-20-13)11-4-3-10-2-1-6-14-12(10)8-11/h3-4,8-9,14,17H,1-2,5-7H2. The smallest absolute Gasteiger partial charge is 0.240 e. The first kappa shape index (κ1) is 14.0. The minimum atomic E-state index is -3.53. The van der Waals surface area contributed by atoms with Crippen LogP contribution in [0.15, 0.2) is 33.9 Å². The number of hydrogen-bond donors (Lipinski definition) is 2. The highest BCUT2D eigenvalue weighted by Crippen LogP contribution is 2.24. The minimum absolute atomic E-state index is 0.217. The molecule has 0 atom stereocenters. The quantitative estimate of drug-likeness (QED) is 0.853. The van der Waals surface area contributed by atoms with Crippen LogP contribution in [0.3, 0.4) is 0 Å². The molecule has 0 saturated carbocycles. The molecule has 0 fully saturated rings. The Bertz CT molecular complexity index is 713. The molecule has 1 aromatic heterocycles. The van der Waals surface area contributed by atoms with Gasteiger partial charge in [0.25, 0.3) is 0 Å². The number of nitrogens with one attached hydrogen (secondary N) is 2. The maximum Gasteiger partial charge on any atom is 0.240 e. The minimum Gasteiger partial charge on any atom is -0.385 e. The fraction of sp³-hybridized carbons (Fsp3) is 0.385. The number of hydrogen-bond acceptors (Lipinski definition) is 6. The Morgan fingerprint density at radius 3 is 3.10 bits per heavy atom. The van der Waals surface area contributed by atoms with Gasteiger partial charge in [-0.25, -0.2) is 13.1 Å². The van der Waals surface area contributed by atoms with Crippen molar-refractivity contribution >= 4 is 15.7 Å². The number of rotatable bonds is 5. The predicted molar refractivity (Wildman–Crippen MR) is 76.4 cm³/mol. The molecule has 3 rings (SSSR count). The van der Waals surface area contributed by atoms with E-state index < -0.39 is 10.0 Å². The number of fused-ring (bicyclic) bond motifs is 1. The lowest BCUT2D eigenvalue weighted by molar-refractivity contribution is 0.377. The van der Waals surface area contributed by atoms with Gasteiger partial charge >= 0.3 is 0 Å². The molecule has 2 heterocycles. The Labute approximate surface area is 122 Å². The van der Waals surface area contributed by atoms with Gasteiger partial charge in [-0.05, 0) is 30.5 Å². The largest absolute Gasteiger partial charge is 0.385 e. The third-order valence-electron chi connectivity index (χ3n) is 3.37. The number of aromatic nitrogens is 2. The summed E-state index contributed by atoms with van der Waals surface area (Å²) in [5.41, 5.74) is 2.06. The van der Waals surface area contributed by atoms with Gasteiger partial charge in [0.1, 0.15) is 0 Å². The van der Waals surface area contributed by atoms with E-state index in [1.807, 2.05) is 6.07 Å². The van der Waals surface area contributed by atoms with Crippen LogP contribution in [0.5, 0.6) is 0 Å². The van der Waals surface area contributed by atoms with E-state index in [0.29, 0.717) is 12.3 Å². The van der Waals surface area contributed by atoms with Gasteiger partial charge in [0.15, 0.2) is 6.33 Å². The number of benzene rings is 1. The topological polar surface area (TPSA) is 97.1 Å². The summed E-state index contributed by atoms with van der Waals surface area (Å²) in [5, 5.41) is 6.70. The predicted octanol–water partition coefficient (Wildman–Crippen LogP) is 0.949. The second kappa shape index (κ2) is 5.82. The van der Waals surface area contributed by atoms with E-state index in [1.54, 1.807) is 12.1 Å². The molecule has 1 aliphatic rings. The van der Waals surface area contributed by atoms with Gasteiger partial charge in [-0.15, -0.1) is 0 Å². The maximum absolute atomic E-state index is 12.2. The van der Waals surface area contributed by atoms with Gasteiger partial charge in [0, 0.05) is 25.2 Å². The molecule has 0 saturated heterocycles. The molecule has 0 radical (unpaired) electrons. The zero-order chi connectivity index (χ0) is 14.7. The Morgan fingerprint density at radius 1 is 1.38 bits per heavy atom. The fourth-order valence-corrected chi connectivity index (χ4v) is 3.35. The fourth-order valence-electron chi connectivity index (χ4n) is 2.29. The number of sulfonamides is 1. The van der Waals surface area contributed by atoms with Crippen LogP contribution in [-0.4, -0.2) is 31.6 Å². The average Bonchev–Trinajstić information content (AvgIpc) is 3.00. The van der Waals surface area contributed by atoms with Crippen molar-refractivity contribution in [3.8, 4) is 0 Å². The summed E-state index contributed by atoms with van der Waals surface area (Å²) in [5.74, 6) is 0.407. The number of nitrogens with zero attached hydrogens (tertiary/aromatic N) is 2. The SMILES string of the molecule is O=S(=O)(NCCc1ncno1)c1ccc2c(c1)NCCC2. The molecule has 7 nitrogen and oxygen atoms in total. The first-order valence-electron chi connectivity index (χ1n) is 6.77. The Morgan fingerprint density at radius 2 is 2.29 bits per heavy atom. The number of anilines is 1. The molecule has 0 bridgehead atoms. The van der Waals surface area contributed by atoms with Crippen molar-refractivity contribution in [2.45, 2.75) is 24.2 Å². The highest BCUT2D eigenvalue weighted by molar-refractivity contribution is 7.89. The van der Waals surface area contributed by atoms with Crippen LogP contribution in [0.25, 0.3) is 0 Å². The van der Waals surface area contributed by atoms with Gasteiger partial charge in [0.2, 0.25) is 15.9 Å². The monoisotopic (exact) mass is 308 g/mol. The van der Waals surface area contributed by atoms with Crippen LogP contribution in [-0.2, 0) is 22.9 Å². The molecule has 1 aromatic carbocycles.